The van der Waals surface area contributed by atoms with E-state index in [0.29, 0.717) is 0 Å². The Bertz CT molecular complexity index is 508. The number of alkyl halides is 5. The van der Waals surface area contributed by atoms with Crippen LogP contribution in [0.25, 0.3) is 0 Å². The molecule has 1 heterocycles. The summed E-state index contributed by atoms with van der Waals surface area (Å²) in [7, 11) is 0. The van der Waals surface area contributed by atoms with Crippen molar-refractivity contribution >= 4 is 30.3 Å². The minimum atomic E-state index is -4.45. The van der Waals surface area contributed by atoms with Crippen molar-refractivity contribution in [2.75, 3.05) is 6.61 Å². The molecule has 10 heteroatoms. The average molecular weight is 350 g/mol. The van der Waals surface area contributed by atoms with Gasteiger partial charge in [-0.15, -0.1) is 12.4 Å². The van der Waals surface area contributed by atoms with Gasteiger partial charge in [-0.1, -0.05) is 12.1 Å². The summed E-state index contributed by atoms with van der Waals surface area (Å²) in [6, 6.07) is 2.78. The number of hydrogen-bond donors (Lipinski definition) is 1. The van der Waals surface area contributed by atoms with Gasteiger partial charge in [0.2, 0.25) is 0 Å². The van der Waals surface area contributed by atoms with Crippen LogP contribution in [-0.4, -0.2) is 24.1 Å². The highest BCUT2D eigenvalue weighted by atomic mass is 35.5. The molecule has 1 saturated heterocycles. The number of rotatable bonds is 2. The van der Waals surface area contributed by atoms with Crippen LogP contribution in [0.15, 0.2) is 29.2 Å². The lowest BCUT2D eigenvalue weighted by molar-refractivity contribution is -0.104. The Hall–Kier alpha value is -1.22. The molecule has 0 spiro atoms. The maximum Gasteiger partial charge on any atom is 0.446 e. The Balaban J connectivity index is 0.00000220. The van der Waals surface area contributed by atoms with Gasteiger partial charge in [0, 0.05) is 4.90 Å². The molecule has 2 rings (SSSR count). The van der Waals surface area contributed by atoms with E-state index in [0.717, 1.165) is 24.3 Å². The van der Waals surface area contributed by atoms with Gasteiger partial charge in [0.15, 0.2) is 6.61 Å². The number of thioether (sulfide) groups is 1. The normalized spacial score (nSPS) is 21.0. The van der Waals surface area contributed by atoms with Gasteiger partial charge in [-0.25, -0.2) is 13.6 Å². The molecule has 0 aliphatic carbocycles. The zero-order valence-corrected chi connectivity index (χ0v) is 11.7. The Morgan fingerprint density at radius 1 is 1.24 bits per heavy atom. The number of amides is 1. The molecule has 118 valence electrons. The van der Waals surface area contributed by atoms with Gasteiger partial charge in [-0.05, 0) is 29.5 Å². The molecule has 1 aromatic rings. The molecular formula is C11H9ClF5NO2S. The first-order chi connectivity index (χ1) is 9.17. The first-order valence-corrected chi connectivity index (χ1v) is 6.16. The van der Waals surface area contributed by atoms with Crippen molar-refractivity contribution in [1.82, 2.24) is 5.32 Å². The number of halogens is 6. The summed E-state index contributed by atoms with van der Waals surface area (Å²) >= 11 is -0.343. The van der Waals surface area contributed by atoms with Crippen molar-refractivity contribution in [1.29, 1.82) is 0 Å². The molecule has 0 unspecified atom stereocenters. The molecule has 21 heavy (non-hydrogen) atoms. The average Bonchev–Trinajstić information content (AvgIpc) is 2.32. The second kappa shape index (κ2) is 6.27. The molecule has 1 aliphatic heterocycles. The molecule has 1 aliphatic rings. The lowest BCUT2D eigenvalue weighted by atomic mass is 10.0. The molecule has 1 aromatic carbocycles. The lowest BCUT2D eigenvalue weighted by Gasteiger charge is -2.31. The predicted molar refractivity (Wildman–Crippen MR) is 67.8 cm³/mol. The van der Waals surface area contributed by atoms with Crippen LogP contribution in [0.5, 0.6) is 0 Å². The zero-order chi connectivity index (χ0) is 15.0. The number of carbonyl (C=O) groups is 1. The summed E-state index contributed by atoms with van der Waals surface area (Å²) in [5.41, 5.74) is -4.43. The fourth-order valence-electron chi connectivity index (χ4n) is 1.70. The van der Waals surface area contributed by atoms with Crippen LogP contribution in [0.2, 0.25) is 0 Å². The molecular weight excluding hydrogens is 341 g/mol. The van der Waals surface area contributed by atoms with Crippen LogP contribution in [0, 0.1) is 0 Å². The van der Waals surface area contributed by atoms with E-state index in [2.05, 4.69) is 4.74 Å². The van der Waals surface area contributed by atoms with E-state index in [1.165, 1.54) is 0 Å². The minimum absolute atomic E-state index is 0. The SMILES string of the molecule is Cl.O=C1N[C@@H](c2ccc(SC(F)(F)F)cc2)C(F)(F)CO1. The van der Waals surface area contributed by atoms with Crippen LogP contribution in [0.1, 0.15) is 11.6 Å². The van der Waals surface area contributed by atoms with E-state index in [9.17, 15) is 26.7 Å². The van der Waals surface area contributed by atoms with Crippen LogP contribution in [0.4, 0.5) is 26.7 Å². The third kappa shape index (κ3) is 4.63. The van der Waals surface area contributed by atoms with Crippen molar-refractivity contribution in [3.05, 3.63) is 29.8 Å². The van der Waals surface area contributed by atoms with Gasteiger partial charge in [0.25, 0.3) is 0 Å². The van der Waals surface area contributed by atoms with Gasteiger partial charge in [-0.2, -0.15) is 13.2 Å². The van der Waals surface area contributed by atoms with Crippen molar-refractivity contribution in [3.8, 4) is 0 Å². The van der Waals surface area contributed by atoms with E-state index >= 15 is 0 Å². The largest absolute Gasteiger partial charge is 0.446 e. The van der Waals surface area contributed by atoms with Crippen molar-refractivity contribution in [3.63, 3.8) is 0 Å². The Labute approximate surface area is 126 Å². The maximum absolute atomic E-state index is 13.6. The van der Waals surface area contributed by atoms with E-state index in [1.54, 1.807) is 0 Å². The number of nitrogens with one attached hydrogen (secondary N) is 1. The Kier molecular flexibility index (Phi) is 5.32. The van der Waals surface area contributed by atoms with E-state index in [4.69, 9.17) is 0 Å². The van der Waals surface area contributed by atoms with Gasteiger partial charge >= 0.3 is 17.5 Å². The monoisotopic (exact) mass is 349 g/mol. The summed E-state index contributed by atoms with van der Waals surface area (Å²) in [4.78, 5) is 10.8. The van der Waals surface area contributed by atoms with Gasteiger partial charge in [-0.3, -0.25) is 0 Å². The summed E-state index contributed by atoms with van der Waals surface area (Å²) in [6.45, 7) is -1.07. The van der Waals surface area contributed by atoms with E-state index < -0.39 is 30.2 Å². The predicted octanol–water partition coefficient (Wildman–Crippen LogP) is 4.14. The maximum atomic E-state index is 13.6. The second-order valence-electron chi connectivity index (χ2n) is 4.03. The van der Waals surface area contributed by atoms with Crippen molar-refractivity contribution in [2.24, 2.45) is 0 Å². The number of alkyl carbamates (subject to hydrolysis) is 1. The van der Waals surface area contributed by atoms with Gasteiger partial charge in [0.05, 0.1) is 0 Å². The first-order valence-electron chi connectivity index (χ1n) is 5.34. The molecule has 1 atom stereocenters. The fraction of sp³-hybridized carbons (Fsp3) is 0.364. The highest BCUT2D eigenvalue weighted by Crippen LogP contribution is 2.39. The Morgan fingerprint density at radius 2 is 1.81 bits per heavy atom. The molecule has 0 radical (unpaired) electrons. The first kappa shape index (κ1) is 17.8. The summed E-state index contributed by atoms with van der Waals surface area (Å²) in [5, 5.41) is 1.95. The third-order valence-corrected chi connectivity index (χ3v) is 3.27. The van der Waals surface area contributed by atoms with Crippen molar-refractivity contribution in [2.45, 2.75) is 22.4 Å². The standard InChI is InChI=1S/C11H8F5NO2S.ClH/c12-10(13)5-19-9(18)17-8(10)6-1-3-7(4-2-6)20-11(14,15)16;/h1-4,8H,5H2,(H,17,18);1H/t8-;/m0./s1. The topological polar surface area (TPSA) is 38.3 Å². The second-order valence-corrected chi connectivity index (χ2v) is 5.17. The number of cyclic esters (lactones) is 1. The fourth-order valence-corrected chi connectivity index (χ4v) is 2.24. The summed E-state index contributed by atoms with van der Waals surface area (Å²) in [5.74, 6) is -3.33. The number of hydrogen-bond acceptors (Lipinski definition) is 3. The summed E-state index contributed by atoms with van der Waals surface area (Å²) in [6.07, 6.45) is -0.991. The van der Waals surface area contributed by atoms with Gasteiger partial charge in [0.1, 0.15) is 6.04 Å². The van der Waals surface area contributed by atoms with Gasteiger partial charge < -0.3 is 10.1 Å². The highest BCUT2D eigenvalue weighted by Gasteiger charge is 2.46. The quantitative estimate of drug-likeness (QED) is 0.644. The van der Waals surface area contributed by atoms with Crippen LogP contribution < -0.4 is 5.32 Å². The summed E-state index contributed by atoms with van der Waals surface area (Å²) < 4.78 is 67.8. The molecule has 1 fully saturated rings. The highest BCUT2D eigenvalue weighted by molar-refractivity contribution is 8.00. The van der Waals surface area contributed by atoms with Crippen LogP contribution >= 0.6 is 24.2 Å². The molecule has 3 nitrogen and oxygen atoms in total. The van der Waals surface area contributed by atoms with E-state index in [1.807, 2.05) is 5.32 Å². The molecule has 0 aromatic heterocycles. The molecule has 0 bridgehead atoms. The van der Waals surface area contributed by atoms with E-state index in [-0.39, 0.29) is 34.6 Å². The minimum Gasteiger partial charge on any atom is -0.443 e. The van der Waals surface area contributed by atoms with Crippen LogP contribution in [0.3, 0.4) is 0 Å². The number of carbonyl (C=O) groups excluding carboxylic acids is 1. The number of ether oxygens (including phenoxy) is 1. The Morgan fingerprint density at radius 3 is 2.33 bits per heavy atom. The molecule has 1 N–H and O–H groups in total. The molecule has 0 saturated carbocycles. The smallest absolute Gasteiger partial charge is 0.443 e. The van der Waals surface area contributed by atoms with Crippen molar-refractivity contribution < 1.29 is 31.5 Å². The zero-order valence-electron chi connectivity index (χ0n) is 10.1. The number of benzene rings is 1. The van der Waals surface area contributed by atoms with Crippen LogP contribution in [-0.2, 0) is 4.74 Å². The lowest BCUT2D eigenvalue weighted by Crippen LogP contribution is -2.49. The third-order valence-electron chi connectivity index (χ3n) is 2.53. The molecule has 1 amide bonds.